The Morgan fingerprint density at radius 2 is 2.00 bits per heavy atom. The molecule has 3 aliphatic rings. The van der Waals surface area contributed by atoms with Crippen molar-refractivity contribution in [3.8, 4) is 0 Å². The first-order chi connectivity index (χ1) is 5.60. The van der Waals surface area contributed by atoms with E-state index in [1.807, 2.05) is 0 Å². The van der Waals surface area contributed by atoms with Crippen LogP contribution in [0.1, 0.15) is 39.5 Å². The van der Waals surface area contributed by atoms with Gasteiger partial charge in [-0.3, -0.25) is 0 Å². The highest BCUT2D eigenvalue weighted by atomic mass is 15.1. The molecule has 0 radical (unpaired) electrons. The maximum absolute atomic E-state index is 7.10. The quantitative estimate of drug-likeness (QED) is 0.617. The lowest BCUT2D eigenvalue weighted by atomic mass is 9.71. The molecule has 3 fully saturated rings. The fraction of sp³-hybridized carbons (Fsp3) is 0.900. The molecule has 0 amide bonds. The average Bonchev–Trinajstić information content (AvgIpc) is 2.40. The minimum absolute atomic E-state index is 0.0574. The molecule has 2 heteroatoms. The minimum Gasteiger partial charge on any atom is -0.310 e. The number of fused-ring (bicyclic) bond motifs is 1. The molecule has 12 heavy (non-hydrogen) atoms. The van der Waals surface area contributed by atoms with Crippen LogP contribution in [0.25, 0.3) is 4.85 Å². The van der Waals surface area contributed by atoms with Gasteiger partial charge in [0, 0.05) is 30.8 Å². The topological polar surface area (TPSA) is 16.4 Å². The van der Waals surface area contributed by atoms with E-state index < -0.39 is 0 Å². The fourth-order valence-electron chi connectivity index (χ4n) is 2.96. The smallest absolute Gasteiger partial charge is 0.236 e. The first-order valence-electron chi connectivity index (χ1n) is 4.76. The van der Waals surface area contributed by atoms with E-state index in [4.69, 9.17) is 6.57 Å². The summed E-state index contributed by atoms with van der Waals surface area (Å²) >= 11 is 0. The Balaban J connectivity index is 2.01. The van der Waals surface area contributed by atoms with Gasteiger partial charge < -0.3 is 10.2 Å². The second-order valence-electron chi connectivity index (χ2n) is 4.77. The van der Waals surface area contributed by atoms with E-state index in [1.165, 1.54) is 6.42 Å². The lowest BCUT2D eigenvalue weighted by Gasteiger charge is -2.41. The first-order valence-corrected chi connectivity index (χ1v) is 4.76. The van der Waals surface area contributed by atoms with Crippen LogP contribution in [0, 0.1) is 6.57 Å². The van der Waals surface area contributed by atoms with Gasteiger partial charge in [0.15, 0.2) is 0 Å². The molecule has 0 aliphatic heterocycles. The van der Waals surface area contributed by atoms with E-state index in [1.54, 1.807) is 0 Å². The highest BCUT2D eigenvalue weighted by Crippen LogP contribution is 2.57. The summed E-state index contributed by atoms with van der Waals surface area (Å²) in [6.07, 6.45) is 4.53. The summed E-state index contributed by atoms with van der Waals surface area (Å²) in [5.41, 5.74) is 0.417. The molecule has 0 heterocycles. The third-order valence-corrected chi connectivity index (χ3v) is 3.24. The molecule has 1 N–H and O–H groups in total. The van der Waals surface area contributed by atoms with Gasteiger partial charge in [-0.15, -0.1) is 0 Å². The van der Waals surface area contributed by atoms with Crippen molar-refractivity contribution in [2.45, 2.75) is 56.7 Å². The standard InChI is InChI=1S/C10H16N2/c1-8(2)12-10-5-4-9(6-10,7-10)11-3/h8,12H,4-7H2,1-2H3. The second kappa shape index (κ2) is 2.23. The predicted molar refractivity (Wildman–Crippen MR) is 48.8 cm³/mol. The number of nitrogens with one attached hydrogen (secondary N) is 1. The minimum atomic E-state index is 0.0574. The molecule has 2 nitrogen and oxygen atoms in total. The van der Waals surface area contributed by atoms with E-state index in [2.05, 4.69) is 24.0 Å². The van der Waals surface area contributed by atoms with Crippen LogP contribution in [0.15, 0.2) is 0 Å². The van der Waals surface area contributed by atoms with Crippen LogP contribution in [-0.4, -0.2) is 17.1 Å². The van der Waals surface area contributed by atoms with Crippen molar-refractivity contribution in [1.82, 2.24) is 5.32 Å². The maximum atomic E-state index is 7.10. The van der Waals surface area contributed by atoms with Crippen LogP contribution >= 0.6 is 0 Å². The molecule has 66 valence electrons. The van der Waals surface area contributed by atoms with Gasteiger partial charge in [0.1, 0.15) is 0 Å². The summed E-state index contributed by atoms with van der Waals surface area (Å²) in [5, 5.41) is 3.60. The summed E-state index contributed by atoms with van der Waals surface area (Å²) in [7, 11) is 0. The predicted octanol–water partition coefficient (Wildman–Crippen LogP) is 1.97. The molecule has 0 atom stereocenters. The third-order valence-electron chi connectivity index (χ3n) is 3.24. The van der Waals surface area contributed by atoms with Crippen LogP contribution in [0.3, 0.4) is 0 Å². The summed E-state index contributed by atoms with van der Waals surface area (Å²) in [6, 6.07) is 0.562. The van der Waals surface area contributed by atoms with E-state index in [-0.39, 0.29) is 5.54 Å². The van der Waals surface area contributed by atoms with Crippen molar-refractivity contribution in [1.29, 1.82) is 0 Å². The molecule has 0 aromatic heterocycles. The van der Waals surface area contributed by atoms with Crippen LogP contribution < -0.4 is 5.32 Å². The molecule has 3 rings (SSSR count). The number of nitrogens with zero attached hydrogens (tertiary/aromatic N) is 1. The SMILES string of the molecule is [C-]#[N+]C12CCC(NC(C)C)(C1)C2. The molecular weight excluding hydrogens is 148 g/mol. The number of rotatable bonds is 2. The van der Waals surface area contributed by atoms with E-state index >= 15 is 0 Å². The zero-order valence-electron chi connectivity index (χ0n) is 7.85. The Bertz CT molecular complexity index is 231. The van der Waals surface area contributed by atoms with Gasteiger partial charge in [0.25, 0.3) is 0 Å². The van der Waals surface area contributed by atoms with Gasteiger partial charge in [0.2, 0.25) is 5.54 Å². The molecular formula is C10H16N2. The summed E-state index contributed by atoms with van der Waals surface area (Å²) < 4.78 is 0. The van der Waals surface area contributed by atoms with Crippen molar-refractivity contribution >= 4 is 0 Å². The summed E-state index contributed by atoms with van der Waals surface area (Å²) in [5.74, 6) is 0. The fourth-order valence-corrected chi connectivity index (χ4v) is 2.96. The Morgan fingerprint density at radius 1 is 1.33 bits per heavy atom. The monoisotopic (exact) mass is 164 g/mol. The first kappa shape index (κ1) is 8.07. The third kappa shape index (κ3) is 0.964. The molecule has 0 spiro atoms. The molecule has 0 unspecified atom stereocenters. The molecule has 0 aromatic rings. The Labute approximate surface area is 74.2 Å². The maximum Gasteiger partial charge on any atom is 0.236 e. The molecule has 3 aliphatic carbocycles. The number of hydrogen-bond acceptors (Lipinski definition) is 1. The highest BCUT2D eigenvalue weighted by Gasteiger charge is 2.66. The van der Waals surface area contributed by atoms with E-state index in [0.29, 0.717) is 11.6 Å². The average molecular weight is 164 g/mol. The zero-order chi connectivity index (χ0) is 8.82. The Kier molecular flexibility index (Phi) is 1.50. The number of hydrogen-bond donors (Lipinski definition) is 1. The van der Waals surface area contributed by atoms with Crippen LogP contribution in [-0.2, 0) is 0 Å². The van der Waals surface area contributed by atoms with Crippen molar-refractivity contribution in [2.75, 3.05) is 0 Å². The van der Waals surface area contributed by atoms with Gasteiger partial charge in [-0.2, -0.15) is 0 Å². The Hall–Kier alpha value is -0.550. The van der Waals surface area contributed by atoms with Crippen molar-refractivity contribution in [2.24, 2.45) is 0 Å². The largest absolute Gasteiger partial charge is 0.310 e. The zero-order valence-corrected chi connectivity index (χ0v) is 7.85. The van der Waals surface area contributed by atoms with Gasteiger partial charge in [0.05, 0.1) is 0 Å². The molecule has 0 aromatic carbocycles. The lowest BCUT2D eigenvalue weighted by molar-refractivity contribution is 0.173. The second-order valence-corrected chi connectivity index (χ2v) is 4.77. The summed E-state index contributed by atoms with van der Waals surface area (Å²) in [4.78, 5) is 3.75. The van der Waals surface area contributed by atoms with Gasteiger partial charge in [-0.05, 0) is 6.42 Å². The van der Waals surface area contributed by atoms with E-state index in [9.17, 15) is 0 Å². The normalized spacial score (nSPS) is 44.2. The van der Waals surface area contributed by atoms with Crippen molar-refractivity contribution in [3.05, 3.63) is 11.4 Å². The molecule has 3 saturated carbocycles. The molecule has 2 bridgehead atoms. The van der Waals surface area contributed by atoms with Gasteiger partial charge in [-0.25, -0.2) is 6.57 Å². The van der Waals surface area contributed by atoms with Gasteiger partial charge in [-0.1, -0.05) is 13.8 Å². The molecule has 0 saturated heterocycles. The van der Waals surface area contributed by atoms with E-state index in [0.717, 1.165) is 19.3 Å². The van der Waals surface area contributed by atoms with Crippen LogP contribution in [0.2, 0.25) is 0 Å². The van der Waals surface area contributed by atoms with Crippen molar-refractivity contribution in [3.63, 3.8) is 0 Å². The van der Waals surface area contributed by atoms with Crippen LogP contribution in [0.4, 0.5) is 0 Å². The van der Waals surface area contributed by atoms with Crippen LogP contribution in [0.5, 0.6) is 0 Å². The van der Waals surface area contributed by atoms with Gasteiger partial charge >= 0.3 is 0 Å². The summed E-state index contributed by atoms with van der Waals surface area (Å²) in [6.45, 7) is 11.5. The lowest BCUT2D eigenvalue weighted by Crippen LogP contribution is -2.57. The Morgan fingerprint density at radius 3 is 2.42 bits per heavy atom. The van der Waals surface area contributed by atoms with Crippen molar-refractivity contribution < 1.29 is 0 Å². The highest BCUT2D eigenvalue weighted by molar-refractivity contribution is 5.26.